The number of imidazole rings is 1. The molecular weight excluding hydrogens is 422 g/mol. The van der Waals surface area contributed by atoms with Crippen LogP contribution in [0.2, 0.25) is 0 Å². The van der Waals surface area contributed by atoms with E-state index in [1.54, 1.807) is 11.3 Å². The number of aromatic nitrogens is 2. The molecule has 0 saturated heterocycles. The van der Waals surface area contributed by atoms with Crippen molar-refractivity contribution in [2.75, 3.05) is 6.54 Å². The van der Waals surface area contributed by atoms with Gasteiger partial charge in [-0.1, -0.05) is 66.7 Å². The lowest BCUT2D eigenvalue weighted by molar-refractivity contribution is 0.0749. The van der Waals surface area contributed by atoms with Crippen molar-refractivity contribution >= 4 is 33.5 Å². The molecule has 0 bridgehead atoms. The normalized spacial score (nSPS) is 11.1. The van der Waals surface area contributed by atoms with E-state index in [4.69, 9.17) is 4.98 Å². The molecule has 0 radical (unpaired) electrons. The molecule has 0 unspecified atom stereocenters. The van der Waals surface area contributed by atoms with Gasteiger partial charge in [-0.2, -0.15) is 0 Å². The molecule has 3 heterocycles. The molecular formula is C25H21N3OS2. The van der Waals surface area contributed by atoms with Crippen LogP contribution in [0.5, 0.6) is 0 Å². The fourth-order valence-corrected chi connectivity index (χ4v) is 5.22. The number of thiophene rings is 1. The predicted molar refractivity (Wildman–Crippen MR) is 128 cm³/mol. The zero-order chi connectivity index (χ0) is 21.0. The zero-order valence-electron chi connectivity index (χ0n) is 16.8. The summed E-state index contributed by atoms with van der Waals surface area (Å²) in [5, 5.41) is 4.10. The molecule has 154 valence electrons. The van der Waals surface area contributed by atoms with Gasteiger partial charge >= 0.3 is 0 Å². The summed E-state index contributed by atoms with van der Waals surface area (Å²) in [6.45, 7) is 1.25. The largest absolute Gasteiger partial charge is 0.333 e. The van der Waals surface area contributed by atoms with Crippen molar-refractivity contribution in [2.24, 2.45) is 0 Å². The Labute approximate surface area is 189 Å². The van der Waals surface area contributed by atoms with Crippen molar-refractivity contribution in [1.82, 2.24) is 14.3 Å². The van der Waals surface area contributed by atoms with Crippen LogP contribution in [0.25, 0.3) is 16.2 Å². The highest BCUT2D eigenvalue weighted by Crippen LogP contribution is 2.24. The average Bonchev–Trinajstić information content (AvgIpc) is 3.56. The number of thiazole rings is 1. The number of carbonyl (C=O) groups excluding carboxylic acids is 1. The number of amides is 1. The van der Waals surface area contributed by atoms with Gasteiger partial charge in [0, 0.05) is 42.3 Å². The Balaban J connectivity index is 1.38. The third-order valence-corrected chi connectivity index (χ3v) is 6.97. The van der Waals surface area contributed by atoms with Crippen molar-refractivity contribution in [3.8, 4) is 11.3 Å². The van der Waals surface area contributed by atoms with Crippen LogP contribution in [0.3, 0.4) is 0 Å². The van der Waals surface area contributed by atoms with E-state index in [0.717, 1.165) is 33.1 Å². The van der Waals surface area contributed by atoms with E-state index >= 15 is 0 Å². The molecule has 0 aliphatic carbocycles. The first kappa shape index (κ1) is 19.7. The number of nitrogens with zero attached hydrogens (tertiary/aromatic N) is 3. The SMILES string of the molecule is O=C(c1cccs1)N(CCc1csc2nc(-c3ccccc3)cn12)Cc1ccccc1. The smallest absolute Gasteiger partial charge is 0.264 e. The van der Waals surface area contributed by atoms with E-state index in [0.29, 0.717) is 13.1 Å². The van der Waals surface area contributed by atoms with Crippen LogP contribution in [0.1, 0.15) is 20.9 Å². The van der Waals surface area contributed by atoms with Gasteiger partial charge in [-0.15, -0.1) is 22.7 Å². The van der Waals surface area contributed by atoms with Crippen LogP contribution in [0.4, 0.5) is 0 Å². The summed E-state index contributed by atoms with van der Waals surface area (Å²) >= 11 is 3.13. The summed E-state index contributed by atoms with van der Waals surface area (Å²) in [5.41, 5.74) is 4.40. The van der Waals surface area contributed by atoms with Crippen LogP contribution >= 0.6 is 22.7 Å². The Morgan fingerprint density at radius 3 is 2.45 bits per heavy atom. The lowest BCUT2D eigenvalue weighted by Crippen LogP contribution is -2.32. The Morgan fingerprint density at radius 2 is 1.71 bits per heavy atom. The molecule has 0 aliphatic heterocycles. The van der Waals surface area contributed by atoms with Gasteiger partial charge in [-0.05, 0) is 17.0 Å². The highest BCUT2D eigenvalue weighted by atomic mass is 32.1. The summed E-state index contributed by atoms with van der Waals surface area (Å²) in [5.74, 6) is 0.0842. The Kier molecular flexibility index (Phi) is 5.65. The molecule has 0 aliphatic rings. The third-order valence-electron chi connectivity index (χ3n) is 5.23. The molecule has 0 saturated carbocycles. The highest BCUT2D eigenvalue weighted by molar-refractivity contribution is 7.15. The minimum Gasteiger partial charge on any atom is -0.333 e. The van der Waals surface area contributed by atoms with E-state index in [2.05, 4.69) is 40.2 Å². The quantitative estimate of drug-likeness (QED) is 0.309. The van der Waals surface area contributed by atoms with Gasteiger partial charge in [-0.3, -0.25) is 9.20 Å². The van der Waals surface area contributed by atoms with Crippen LogP contribution in [0.15, 0.2) is 89.8 Å². The van der Waals surface area contributed by atoms with Crippen molar-refractivity contribution in [1.29, 1.82) is 0 Å². The van der Waals surface area contributed by atoms with Crippen LogP contribution in [0, 0.1) is 0 Å². The molecule has 0 spiro atoms. The first-order valence-electron chi connectivity index (χ1n) is 10.2. The standard InChI is InChI=1S/C25H21N3OS2/c29-24(23-12-7-15-30-23)27(16-19-8-3-1-4-9-19)14-13-21-18-31-25-26-22(17-28(21)25)20-10-5-2-6-11-20/h1-12,15,17-18H,13-14,16H2. The maximum absolute atomic E-state index is 13.1. The second-order valence-electron chi connectivity index (χ2n) is 7.31. The van der Waals surface area contributed by atoms with E-state index in [-0.39, 0.29) is 5.91 Å². The first-order chi connectivity index (χ1) is 15.3. The molecule has 5 aromatic rings. The fraction of sp³-hybridized carbons (Fsp3) is 0.120. The molecule has 4 nitrogen and oxygen atoms in total. The highest BCUT2D eigenvalue weighted by Gasteiger charge is 2.18. The van der Waals surface area contributed by atoms with Gasteiger partial charge < -0.3 is 4.90 Å². The number of carbonyl (C=O) groups is 1. The van der Waals surface area contributed by atoms with Gasteiger partial charge in [0.15, 0.2) is 4.96 Å². The van der Waals surface area contributed by atoms with Crippen molar-refractivity contribution in [3.05, 3.63) is 106 Å². The minimum atomic E-state index is 0.0842. The molecule has 0 N–H and O–H groups in total. The number of benzene rings is 2. The van der Waals surface area contributed by atoms with E-state index in [9.17, 15) is 4.79 Å². The molecule has 5 rings (SSSR count). The summed E-state index contributed by atoms with van der Waals surface area (Å²) < 4.78 is 2.16. The first-order valence-corrected chi connectivity index (χ1v) is 11.9. The number of rotatable bonds is 7. The minimum absolute atomic E-state index is 0.0842. The van der Waals surface area contributed by atoms with E-state index < -0.39 is 0 Å². The fourth-order valence-electron chi connectivity index (χ4n) is 3.62. The molecule has 0 atom stereocenters. The molecule has 2 aromatic carbocycles. The summed E-state index contributed by atoms with van der Waals surface area (Å²) in [6, 6.07) is 24.2. The molecule has 31 heavy (non-hydrogen) atoms. The van der Waals surface area contributed by atoms with E-state index in [1.807, 2.05) is 58.8 Å². The Bertz CT molecular complexity index is 1270. The molecule has 1 amide bonds. The Hall–Kier alpha value is -3.22. The van der Waals surface area contributed by atoms with Crippen LogP contribution in [-0.2, 0) is 13.0 Å². The molecule has 3 aromatic heterocycles. The Morgan fingerprint density at radius 1 is 0.935 bits per heavy atom. The summed E-state index contributed by atoms with van der Waals surface area (Å²) in [4.78, 5) is 21.6. The van der Waals surface area contributed by atoms with Gasteiger partial charge in [-0.25, -0.2) is 4.98 Å². The van der Waals surface area contributed by atoms with Crippen molar-refractivity contribution in [2.45, 2.75) is 13.0 Å². The lowest BCUT2D eigenvalue weighted by atomic mass is 10.2. The second kappa shape index (κ2) is 8.88. The van der Waals surface area contributed by atoms with Crippen molar-refractivity contribution < 1.29 is 4.79 Å². The number of fused-ring (bicyclic) bond motifs is 1. The van der Waals surface area contributed by atoms with Crippen molar-refractivity contribution in [3.63, 3.8) is 0 Å². The molecule has 0 fully saturated rings. The van der Waals surface area contributed by atoms with Gasteiger partial charge in [0.1, 0.15) is 0 Å². The number of hydrogen-bond acceptors (Lipinski definition) is 4. The third kappa shape index (κ3) is 4.31. The van der Waals surface area contributed by atoms with Gasteiger partial charge in [0.25, 0.3) is 5.91 Å². The summed E-state index contributed by atoms with van der Waals surface area (Å²) in [7, 11) is 0. The summed E-state index contributed by atoms with van der Waals surface area (Å²) in [6.07, 6.45) is 2.87. The molecule has 6 heteroatoms. The van der Waals surface area contributed by atoms with Gasteiger partial charge in [0.05, 0.1) is 10.6 Å². The topological polar surface area (TPSA) is 37.6 Å². The predicted octanol–water partition coefficient (Wildman–Crippen LogP) is 6.01. The maximum atomic E-state index is 13.1. The van der Waals surface area contributed by atoms with E-state index in [1.165, 1.54) is 17.0 Å². The second-order valence-corrected chi connectivity index (χ2v) is 9.10. The van der Waals surface area contributed by atoms with Crippen LogP contribution in [-0.4, -0.2) is 26.7 Å². The van der Waals surface area contributed by atoms with Gasteiger partial charge in [0.2, 0.25) is 0 Å². The monoisotopic (exact) mass is 443 g/mol. The lowest BCUT2D eigenvalue weighted by Gasteiger charge is -2.22. The average molecular weight is 444 g/mol. The number of hydrogen-bond donors (Lipinski definition) is 0. The maximum Gasteiger partial charge on any atom is 0.264 e. The van der Waals surface area contributed by atoms with Crippen LogP contribution < -0.4 is 0 Å². The zero-order valence-corrected chi connectivity index (χ0v) is 18.5.